The van der Waals surface area contributed by atoms with Gasteiger partial charge in [-0.05, 0) is 44.7 Å². The third-order valence-corrected chi connectivity index (χ3v) is 9.08. The molecule has 0 radical (unpaired) electrons. The number of sulfonamides is 1. The van der Waals surface area contributed by atoms with Crippen molar-refractivity contribution in [2.24, 2.45) is 5.92 Å². The van der Waals surface area contributed by atoms with Crippen molar-refractivity contribution in [2.75, 3.05) is 27.3 Å². The lowest BCUT2D eigenvalue weighted by Gasteiger charge is -2.30. The molecule has 1 unspecified atom stereocenters. The molecule has 1 atom stereocenters. The Kier molecular flexibility index (Phi) is 6.17. The Morgan fingerprint density at radius 1 is 1.07 bits per heavy atom. The standard InChI is InChI=1S/C19H27N3O6S2/c1-13-7-6-10-21(12-13)30(25,26)19-14(2)20-22(15(19)3)29(23,24)18-11-16(27-4)8-9-17(18)28-5/h8-9,11,13H,6-7,10,12H2,1-5H3. The van der Waals surface area contributed by atoms with Gasteiger partial charge in [-0.2, -0.15) is 21.9 Å². The largest absolute Gasteiger partial charge is 0.497 e. The summed E-state index contributed by atoms with van der Waals surface area (Å²) in [7, 11) is -5.33. The molecule has 2 heterocycles. The van der Waals surface area contributed by atoms with Gasteiger partial charge in [-0.15, -0.1) is 0 Å². The van der Waals surface area contributed by atoms with Crippen LogP contribution < -0.4 is 9.47 Å². The summed E-state index contributed by atoms with van der Waals surface area (Å²) in [5.74, 6) is 0.678. The molecule has 166 valence electrons. The third kappa shape index (κ3) is 3.81. The van der Waals surface area contributed by atoms with Gasteiger partial charge in [-0.1, -0.05) is 6.92 Å². The van der Waals surface area contributed by atoms with Crippen LogP contribution in [-0.2, 0) is 20.0 Å². The van der Waals surface area contributed by atoms with Gasteiger partial charge in [0.2, 0.25) is 10.0 Å². The van der Waals surface area contributed by atoms with E-state index in [4.69, 9.17) is 9.47 Å². The minimum Gasteiger partial charge on any atom is -0.497 e. The van der Waals surface area contributed by atoms with E-state index in [2.05, 4.69) is 5.10 Å². The highest BCUT2D eigenvalue weighted by Crippen LogP contribution is 2.33. The summed E-state index contributed by atoms with van der Waals surface area (Å²) >= 11 is 0. The first-order valence-corrected chi connectivity index (χ1v) is 12.5. The van der Waals surface area contributed by atoms with Crippen LogP contribution in [0.1, 0.15) is 31.2 Å². The molecule has 0 amide bonds. The summed E-state index contributed by atoms with van der Waals surface area (Å²) in [6.07, 6.45) is 1.74. The van der Waals surface area contributed by atoms with Crippen LogP contribution >= 0.6 is 0 Å². The van der Waals surface area contributed by atoms with E-state index < -0.39 is 20.0 Å². The van der Waals surface area contributed by atoms with E-state index in [9.17, 15) is 16.8 Å². The zero-order valence-corrected chi connectivity index (χ0v) is 19.4. The number of aromatic nitrogens is 2. The number of hydrogen-bond acceptors (Lipinski definition) is 7. The zero-order valence-electron chi connectivity index (χ0n) is 17.7. The molecule has 9 nitrogen and oxygen atoms in total. The van der Waals surface area contributed by atoms with Crippen molar-refractivity contribution >= 4 is 20.0 Å². The Hall–Kier alpha value is -2.11. The normalized spacial score (nSPS) is 18.4. The molecular weight excluding hydrogens is 430 g/mol. The number of methoxy groups -OCH3 is 2. The fourth-order valence-corrected chi connectivity index (χ4v) is 7.33. The Balaban J connectivity index is 2.14. The lowest BCUT2D eigenvalue weighted by atomic mass is 10.0. The zero-order chi connectivity index (χ0) is 22.3. The van der Waals surface area contributed by atoms with Gasteiger partial charge in [0.25, 0.3) is 10.0 Å². The molecular formula is C19H27N3O6S2. The highest BCUT2D eigenvalue weighted by molar-refractivity contribution is 7.90. The number of benzene rings is 1. The molecule has 0 aliphatic carbocycles. The van der Waals surface area contributed by atoms with Gasteiger partial charge in [0.05, 0.1) is 25.6 Å². The van der Waals surface area contributed by atoms with Crippen molar-refractivity contribution in [1.29, 1.82) is 0 Å². The minimum atomic E-state index is -4.23. The molecule has 2 aromatic rings. The summed E-state index contributed by atoms with van der Waals surface area (Å²) < 4.78 is 65.9. The molecule has 1 fully saturated rings. The van der Waals surface area contributed by atoms with E-state index in [1.165, 1.54) is 44.5 Å². The SMILES string of the molecule is COc1ccc(OC)c(S(=O)(=O)n2nc(C)c(S(=O)(=O)N3CCCC(C)C3)c2C)c1. The fraction of sp³-hybridized carbons (Fsp3) is 0.526. The van der Waals surface area contributed by atoms with Crippen molar-refractivity contribution in [3.63, 3.8) is 0 Å². The predicted molar refractivity (Wildman–Crippen MR) is 111 cm³/mol. The Morgan fingerprint density at radius 3 is 2.37 bits per heavy atom. The molecule has 30 heavy (non-hydrogen) atoms. The van der Waals surface area contributed by atoms with Crippen molar-refractivity contribution in [2.45, 2.75) is 43.4 Å². The summed E-state index contributed by atoms with van der Waals surface area (Å²) in [4.78, 5) is -0.229. The number of nitrogens with zero attached hydrogens (tertiary/aromatic N) is 3. The maximum absolute atomic E-state index is 13.4. The molecule has 0 bridgehead atoms. The molecule has 11 heteroatoms. The highest BCUT2D eigenvalue weighted by Gasteiger charge is 2.36. The van der Waals surface area contributed by atoms with Crippen molar-refractivity contribution in [1.82, 2.24) is 13.5 Å². The maximum Gasteiger partial charge on any atom is 0.287 e. The van der Waals surface area contributed by atoms with Crippen LogP contribution in [0.5, 0.6) is 11.5 Å². The first-order valence-electron chi connectivity index (χ1n) is 9.58. The Bertz CT molecular complexity index is 1160. The smallest absolute Gasteiger partial charge is 0.287 e. The Morgan fingerprint density at radius 2 is 1.77 bits per heavy atom. The fourth-order valence-electron chi connectivity index (χ4n) is 3.79. The molecule has 0 N–H and O–H groups in total. The molecule has 0 spiro atoms. The van der Waals surface area contributed by atoms with Crippen LogP contribution in [-0.4, -0.2) is 57.6 Å². The Labute approximate surface area is 177 Å². The second-order valence-corrected chi connectivity index (χ2v) is 11.1. The minimum absolute atomic E-state index is 0.0376. The monoisotopic (exact) mass is 457 g/mol. The van der Waals surface area contributed by atoms with Crippen molar-refractivity contribution in [3.8, 4) is 11.5 Å². The van der Waals surface area contributed by atoms with Gasteiger partial charge in [-0.25, -0.2) is 8.42 Å². The number of aryl methyl sites for hydroxylation is 1. The highest BCUT2D eigenvalue weighted by atomic mass is 32.2. The van der Waals surface area contributed by atoms with E-state index in [0.717, 1.165) is 16.9 Å². The molecule has 1 aliphatic rings. The molecule has 1 aliphatic heterocycles. The molecule has 1 aromatic carbocycles. The molecule has 1 saturated heterocycles. The topological polar surface area (TPSA) is 108 Å². The van der Waals surface area contributed by atoms with Gasteiger partial charge >= 0.3 is 0 Å². The quantitative estimate of drug-likeness (QED) is 0.654. The number of hydrogen-bond donors (Lipinski definition) is 0. The lowest BCUT2D eigenvalue weighted by Crippen LogP contribution is -2.39. The van der Waals surface area contributed by atoms with E-state index in [-0.39, 0.29) is 32.8 Å². The van der Waals surface area contributed by atoms with Crippen LogP contribution in [0.4, 0.5) is 0 Å². The van der Waals surface area contributed by atoms with Crippen LogP contribution in [0, 0.1) is 19.8 Å². The van der Waals surface area contributed by atoms with Crippen molar-refractivity contribution < 1.29 is 26.3 Å². The summed E-state index contributed by atoms with van der Waals surface area (Å²) in [6.45, 7) is 5.77. The molecule has 3 rings (SSSR count). The van der Waals surface area contributed by atoms with Gasteiger partial charge in [0.15, 0.2) is 0 Å². The summed E-state index contributed by atoms with van der Waals surface area (Å²) in [6, 6.07) is 4.38. The second-order valence-electron chi connectivity index (χ2n) is 7.48. The number of rotatable bonds is 6. The molecule has 1 aromatic heterocycles. The average molecular weight is 458 g/mol. The first kappa shape index (κ1) is 22.6. The van der Waals surface area contributed by atoms with Gasteiger partial charge in [-0.3, -0.25) is 0 Å². The number of piperidine rings is 1. The van der Waals surface area contributed by atoms with Crippen LogP contribution in [0.2, 0.25) is 0 Å². The van der Waals surface area contributed by atoms with Crippen LogP contribution in [0.25, 0.3) is 0 Å². The second kappa shape index (κ2) is 8.20. The van der Waals surface area contributed by atoms with Crippen LogP contribution in [0.15, 0.2) is 28.0 Å². The average Bonchev–Trinajstić information content (AvgIpc) is 3.02. The third-order valence-electron chi connectivity index (χ3n) is 5.28. The number of ether oxygens (including phenoxy) is 2. The summed E-state index contributed by atoms with van der Waals surface area (Å²) in [5, 5.41) is 4.10. The maximum atomic E-state index is 13.4. The first-order chi connectivity index (χ1) is 14.0. The van der Waals surface area contributed by atoms with E-state index in [0.29, 0.717) is 18.8 Å². The lowest BCUT2D eigenvalue weighted by molar-refractivity contribution is 0.281. The predicted octanol–water partition coefficient (Wildman–Crippen LogP) is 2.17. The van der Waals surface area contributed by atoms with Gasteiger partial charge < -0.3 is 9.47 Å². The van der Waals surface area contributed by atoms with Crippen LogP contribution in [0.3, 0.4) is 0 Å². The van der Waals surface area contributed by atoms with E-state index in [1.54, 1.807) is 6.07 Å². The van der Waals surface area contributed by atoms with E-state index in [1.807, 2.05) is 6.92 Å². The van der Waals surface area contributed by atoms with Gasteiger partial charge in [0, 0.05) is 19.2 Å². The molecule has 0 saturated carbocycles. The van der Waals surface area contributed by atoms with Gasteiger partial charge in [0.1, 0.15) is 21.3 Å². The summed E-state index contributed by atoms with van der Waals surface area (Å²) in [5.41, 5.74) is 0.173. The van der Waals surface area contributed by atoms with E-state index >= 15 is 0 Å². The van der Waals surface area contributed by atoms with Crippen molar-refractivity contribution in [3.05, 3.63) is 29.6 Å².